The van der Waals surface area contributed by atoms with E-state index < -0.39 is 11.7 Å². The van der Waals surface area contributed by atoms with E-state index in [0.29, 0.717) is 22.1 Å². The highest BCUT2D eigenvalue weighted by atomic mass is 16.5. The molecule has 0 amide bonds. The average Bonchev–Trinajstić information content (AvgIpc) is 2.86. The number of aromatic nitrogens is 3. The summed E-state index contributed by atoms with van der Waals surface area (Å²) in [7, 11) is 0. The summed E-state index contributed by atoms with van der Waals surface area (Å²) in [5.41, 5.74) is 7.13. The smallest absolute Gasteiger partial charge is 0.358 e. The second kappa shape index (κ2) is 4.37. The molecule has 0 fully saturated rings. The third-order valence-electron chi connectivity index (χ3n) is 2.95. The number of carbonyl (C=O) groups is 1. The fourth-order valence-corrected chi connectivity index (χ4v) is 2.08. The molecule has 0 radical (unpaired) electrons. The van der Waals surface area contributed by atoms with Gasteiger partial charge in [0.15, 0.2) is 5.69 Å². The van der Waals surface area contributed by atoms with E-state index >= 15 is 0 Å². The van der Waals surface area contributed by atoms with Crippen molar-refractivity contribution in [2.75, 3.05) is 12.3 Å². The molecule has 3 N–H and O–H groups in total. The zero-order valence-electron chi connectivity index (χ0n) is 10.7. The van der Waals surface area contributed by atoms with Gasteiger partial charge in [0.25, 0.3) is 0 Å². The number of hydrogen-bond donors (Lipinski definition) is 2. The Hall–Kier alpha value is -2.83. The fraction of sp³-hybridized carbons (Fsp3) is 0.154. The highest BCUT2D eigenvalue weighted by molar-refractivity contribution is 5.98. The zero-order valence-corrected chi connectivity index (χ0v) is 10.7. The molecule has 0 aliphatic carbocycles. The first-order valence-electron chi connectivity index (χ1n) is 6.08. The Morgan fingerprint density at radius 2 is 2.25 bits per heavy atom. The first-order chi connectivity index (χ1) is 9.60. The lowest BCUT2D eigenvalue weighted by molar-refractivity contribution is 0.0519. The van der Waals surface area contributed by atoms with Gasteiger partial charge in [-0.15, -0.1) is 0 Å². The van der Waals surface area contributed by atoms with Crippen LogP contribution in [-0.4, -0.2) is 27.2 Å². The second-order valence-corrected chi connectivity index (χ2v) is 4.28. The number of H-pyrrole nitrogens is 1. The van der Waals surface area contributed by atoms with E-state index in [2.05, 4.69) is 10.1 Å². The predicted octanol–water partition coefficient (Wildman–Crippen LogP) is 0.935. The molecule has 0 unspecified atom stereocenters. The molecule has 0 spiro atoms. The lowest BCUT2D eigenvalue weighted by Gasteiger charge is -2.01. The molecule has 7 nitrogen and oxygen atoms in total. The van der Waals surface area contributed by atoms with Gasteiger partial charge in [0.1, 0.15) is 0 Å². The van der Waals surface area contributed by atoms with Gasteiger partial charge in [0.2, 0.25) is 0 Å². The first-order valence-corrected chi connectivity index (χ1v) is 6.08. The lowest BCUT2D eigenvalue weighted by Crippen LogP contribution is -2.18. The van der Waals surface area contributed by atoms with Gasteiger partial charge in [-0.05, 0) is 31.2 Å². The minimum atomic E-state index is -0.562. The number of nitrogen functional groups attached to an aromatic ring is 1. The molecule has 0 saturated heterocycles. The molecule has 1 aromatic carbocycles. The van der Waals surface area contributed by atoms with Crippen LogP contribution in [-0.2, 0) is 4.74 Å². The third-order valence-corrected chi connectivity index (χ3v) is 2.95. The Labute approximate surface area is 113 Å². The van der Waals surface area contributed by atoms with E-state index in [1.807, 2.05) is 0 Å². The molecule has 2 aromatic heterocycles. The fourth-order valence-electron chi connectivity index (χ4n) is 2.08. The average molecular weight is 272 g/mol. The van der Waals surface area contributed by atoms with E-state index in [-0.39, 0.29) is 12.3 Å². The second-order valence-electron chi connectivity index (χ2n) is 4.28. The van der Waals surface area contributed by atoms with Crippen molar-refractivity contribution < 1.29 is 9.53 Å². The van der Waals surface area contributed by atoms with Crippen LogP contribution < -0.4 is 11.4 Å². The number of nitrogens with one attached hydrogen (secondary N) is 1. The number of carbonyl (C=O) groups excluding carboxylic acids is 1. The number of anilines is 1. The standard InChI is InChI=1S/C13H12N4O3/c1-2-20-12(18)10-6-11-8-5-7(14)3-4-9(8)15-13(19)17(11)16-10/h3-6H,2,14H2,1H3,(H,15,19). The maximum absolute atomic E-state index is 11.9. The van der Waals surface area contributed by atoms with Crippen LogP contribution >= 0.6 is 0 Å². The minimum Gasteiger partial charge on any atom is -0.461 e. The van der Waals surface area contributed by atoms with Crippen molar-refractivity contribution >= 4 is 28.1 Å². The predicted molar refractivity (Wildman–Crippen MR) is 73.7 cm³/mol. The zero-order chi connectivity index (χ0) is 14.3. The van der Waals surface area contributed by atoms with Gasteiger partial charge >= 0.3 is 11.7 Å². The van der Waals surface area contributed by atoms with E-state index in [4.69, 9.17) is 10.5 Å². The van der Waals surface area contributed by atoms with Gasteiger partial charge in [-0.3, -0.25) is 0 Å². The highest BCUT2D eigenvalue weighted by Gasteiger charge is 2.15. The summed E-state index contributed by atoms with van der Waals surface area (Å²) in [6.45, 7) is 1.95. The number of rotatable bonds is 2. The molecular weight excluding hydrogens is 260 g/mol. The maximum Gasteiger partial charge on any atom is 0.358 e. The number of aromatic amines is 1. The summed E-state index contributed by atoms with van der Waals surface area (Å²) in [6, 6.07) is 6.65. The SMILES string of the molecule is CCOC(=O)c1cc2c3cc(N)ccc3[nH]c(=O)n2n1. The number of esters is 1. The molecule has 3 aromatic rings. The first kappa shape index (κ1) is 12.2. The Kier molecular flexibility index (Phi) is 2.67. The number of benzene rings is 1. The number of nitrogens with two attached hydrogens (primary N) is 1. The van der Waals surface area contributed by atoms with Crippen LogP contribution in [0.15, 0.2) is 29.1 Å². The Morgan fingerprint density at radius 1 is 1.45 bits per heavy atom. The molecule has 0 saturated carbocycles. The normalized spacial score (nSPS) is 11.1. The van der Waals surface area contributed by atoms with Crippen molar-refractivity contribution in [2.45, 2.75) is 6.92 Å². The van der Waals surface area contributed by atoms with Crippen LogP contribution in [0.5, 0.6) is 0 Å². The van der Waals surface area contributed by atoms with Crippen molar-refractivity contribution in [1.29, 1.82) is 0 Å². The monoisotopic (exact) mass is 272 g/mol. The summed E-state index contributed by atoms with van der Waals surface area (Å²) < 4.78 is 6.01. The molecule has 7 heteroatoms. The Balaban J connectivity index is 2.34. The van der Waals surface area contributed by atoms with E-state index in [0.717, 1.165) is 4.52 Å². The molecule has 0 bridgehead atoms. The van der Waals surface area contributed by atoms with Crippen LogP contribution in [0.4, 0.5) is 5.69 Å². The van der Waals surface area contributed by atoms with Crippen molar-refractivity contribution in [2.24, 2.45) is 0 Å². The number of nitrogens with zero attached hydrogens (tertiary/aromatic N) is 2. The van der Waals surface area contributed by atoms with Crippen LogP contribution in [0.1, 0.15) is 17.4 Å². The molecule has 3 rings (SSSR count). The Bertz CT molecular complexity index is 878. The van der Waals surface area contributed by atoms with Crippen LogP contribution in [0, 0.1) is 0 Å². The summed E-state index contributed by atoms with van der Waals surface area (Å²) in [6.07, 6.45) is 0. The number of hydrogen-bond acceptors (Lipinski definition) is 5. The summed E-state index contributed by atoms with van der Waals surface area (Å²) in [5.74, 6) is -0.562. The molecule has 0 atom stereocenters. The molecule has 0 aliphatic rings. The highest BCUT2D eigenvalue weighted by Crippen LogP contribution is 2.20. The van der Waals surface area contributed by atoms with Crippen molar-refractivity contribution in [3.8, 4) is 0 Å². The lowest BCUT2D eigenvalue weighted by atomic mass is 10.2. The molecule has 0 aliphatic heterocycles. The summed E-state index contributed by atoms with van der Waals surface area (Å²) >= 11 is 0. The maximum atomic E-state index is 11.9. The van der Waals surface area contributed by atoms with Gasteiger partial charge in [-0.2, -0.15) is 9.61 Å². The molecule has 20 heavy (non-hydrogen) atoms. The third kappa shape index (κ3) is 1.80. The van der Waals surface area contributed by atoms with Crippen LogP contribution in [0.3, 0.4) is 0 Å². The van der Waals surface area contributed by atoms with Crippen molar-refractivity contribution in [1.82, 2.24) is 14.6 Å². The van der Waals surface area contributed by atoms with E-state index in [1.165, 1.54) is 6.07 Å². The van der Waals surface area contributed by atoms with E-state index in [9.17, 15) is 9.59 Å². The summed E-state index contributed by atoms with van der Waals surface area (Å²) in [5, 5.41) is 4.68. The minimum absolute atomic E-state index is 0.0901. The number of ether oxygens (including phenoxy) is 1. The van der Waals surface area contributed by atoms with Gasteiger partial charge in [0, 0.05) is 11.1 Å². The largest absolute Gasteiger partial charge is 0.461 e. The van der Waals surface area contributed by atoms with Gasteiger partial charge in [-0.1, -0.05) is 0 Å². The summed E-state index contributed by atoms with van der Waals surface area (Å²) in [4.78, 5) is 26.3. The van der Waals surface area contributed by atoms with Gasteiger partial charge in [0.05, 0.1) is 17.6 Å². The van der Waals surface area contributed by atoms with Crippen LogP contribution in [0.25, 0.3) is 16.4 Å². The molecule has 2 heterocycles. The van der Waals surface area contributed by atoms with Crippen LogP contribution in [0.2, 0.25) is 0 Å². The quantitative estimate of drug-likeness (QED) is 0.533. The van der Waals surface area contributed by atoms with E-state index in [1.54, 1.807) is 25.1 Å². The number of fused-ring (bicyclic) bond motifs is 3. The van der Waals surface area contributed by atoms with Gasteiger partial charge in [-0.25, -0.2) is 9.59 Å². The molecular formula is C13H12N4O3. The van der Waals surface area contributed by atoms with Crippen molar-refractivity contribution in [3.05, 3.63) is 40.4 Å². The Morgan fingerprint density at radius 3 is 3.00 bits per heavy atom. The molecule has 102 valence electrons. The van der Waals surface area contributed by atoms with Crippen molar-refractivity contribution in [3.63, 3.8) is 0 Å². The topological polar surface area (TPSA) is 102 Å². The van der Waals surface area contributed by atoms with Gasteiger partial charge < -0.3 is 15.5 Å².